The largest absolute Gasteiger partial charge is 0.489 e. The molecule has 1 amide bonds. The summed E-state index contributed by atoms with van der Waals surface area (Å²) in [5, 5.41) is 10.6. The van der Waals surface area contributed by atoms with Crippen LogP contribution in [0.5, 0.6) is 5.75 Å². The third kappa shape index (κ3) is 1.44. The number of amides is 1. The lowest BCUT2D eigenvalue weighted by molar-refractivity contribution is -0.384. The van der Waals surface area contributed by atoms with Gasteiger partial charge in [-0.1, -0.05) is 0 Å². The number of fused-ring (bicyclic) bond motifs is 3. The van der Waals surface area contributed by atoms with Crippen LogP contribution in [0.3, 0.4) is 0 Å². The lowest BCUT2D eigenvalue weighted by Gasteiger charge is -2.31. The molecule has 2 aliphatic heterocycles. The predicted octanol–water partition coefficient (Wildman–Crippen LogP) is 1.48. The number of benzene rings is 1. The Morgan fingerprint density at radius 2 is 2.29 bits per heavy atom. The Hall–Kier alpha value is -2.11. The maximum atomic E-state index is 11.7. The monoisotopic (exact) mass is 234 g/mol. The summed E-state index contributed by atoms with van der Waals surface area (Å²) in [6.45, 7) is 0.417. The molecular formula is C11H10N2O4. The Morgan fingerprint density at radius 3 is 3.06 bits per heavy atom. The number of anilines is 1. The molecule has 6 nitrogen and oxygen atoms in total. The number of hydrogen-bond acceptors (Lipinski definition) is 4. The molecule has 0 aliphatic carbocycles. The number of nitro benzene ring substituents is 1. The second kappa shape index (κ2) is 3.44. The van der Waals surface area contributed by atoms with E-state index in [2.05, 4.69) is 0 Å². The Labute approximate surface area is 96.9 Å². The molecule has 3 rings (SSSR count). The summed E-state index contributed by atoms with van der Waals surface area (Å²) < 4.78 is 5.48. The van der Waals surface area contributed by atoms with Crippen molar-refractivity contribution in [1.29, 1.82) is 0 Å². The Morgan fingerprint density at radius 1 is 1.47 bits per heavy atom. The highest BCUT2D eigenvalue weighted by Gasteiger charge is 2.37. The van der Waals surface area contributed by atoms with Gasteiger partial charge in [0.2, 0.25) is 5.91 Å². The topological polar surface area (TPSA) is 72.7 Å². The van der Waals surface area contributed by atoms with Crippen LogP contribution in [0.15, 0.2) is 18.2 Å². The molecule has 1 unspecified atom stereocenters. The van der Waals surface area contributed by atoms with Gasteiger partial charge in [0.15, 0.2) is 0 Å². The molecule has 1 fully saturated rings. The Bertz CT molecular complexity index is 514. The zero-order chi connectivity index (χ0) is 12.0. The van der Waals surface area contributed by atoms with E-state index in [0.717, 1.165) is 6.42 Å². The molecule has 0 aromatic heterocycles. The van der Waals surface area contributed by atoms with Crippen molar-refractivity contribution in [3.8, 4) is 5.75 Å². The lowest BCUT2D eigenvalue weighted by Crippen LogP contribution is -2.40. The first-order valence-electron chi connectivity index (χ1n) is 5.40. The fourth-order valence-electron chi connectivity index (χ4n) is 2.35. The molecule has 0 radical (unpaired) electrons. The summed E-state index contributed by atoms with van der Waals surface area (Å²) >= 11 is 0. The van der Waals surface area contributed by atoms with Gasteiger partial charge in [0.05, 0.1) is 22.7 Å². The molecule has 6 heteroatoms. The molecule has 1 atom stereocenters. The van der Waals surface area contributed by atoms with Gasteiger partial charge in [0.25, 0.3) is 5.69 Å². The molecule has 17 heavy (non-hydrogen) atoms. The highest BCUT2D eigenvalue weighted by Crippen LogP contribution is 2.40. The summed E-state index contributed by atoms with van der Waals surface area (Å²) in [6, 6.07) is 4.44. The van der Waals surface area contributed by atoms with Gasteiger partial charge < -0.3 is 9.64 Å². The van der Waals surface area contributed by atoms with Gasteiger partial charge in [-0.25, -0.2) is 0 Å². The average molecular weight is 234 g/mol. The molecule has 0 spiro atoms. The predicted molar refractivity (Wildman–Crippen MR) is 59.1 cm³/mol. The van der Waals surface area contributed by atoms with Crippen molar-refractivity contribution in [2.45, 2.75) is 18.9 Å². The van der Waals surface area contributed by atoms with Crippen LogP contribution in [0, 0.1) is 10.1 Å². The van der Waals surface area contributed by atoms with Crippen LogP contribution >= 0.6 is 0 Å². The van der Waals surface area contributed by atoms with E-state index in [-0.39, 0.29) is 17.6 Å². The van der Waals surface area contributed by atoms with E-state index in [4.69, 9.17) is 4.74 Å². The first-order valence-corrected chi connectivity index (χ1v) is 5.40. The number of nitrogens with zero attached hydrogens (tertiary/aromatic N) is 2. The Kier molecular flexibility index (Phi) is 2.04. The molecule has 1 saturated heterocycles. The molecule has 0 saturated carbocycles. The first kappa shape index (κ1) is 10.1. The van der Waals surface area contributed by atoms with Crippen molar-refractivity contribution in [3.63, 3.8) is 0 Å². The van der Waals surface area contributed by atoms with E-state index in [1.165, 1.54) is 12.1 Å². The van der Waals surface area contributed by atoms with E-state index < -0.39 is 4.92 Å². The number of ether oxygens (including phenoxy) is 1. The zero-order valence-electron chi connectivity index (χ0n) is 8.96. The quantitative estimate of drug-likeness (QED) is 0.545. The minimum Gasteiger partial charge on any atom is -0.489 e. The van der Waals surface area contributed by atoms with Crippen molar-refractivity contribution >= 4 is 17.3 Å². The average Bonchev–Trinajstić information content (AvgIpc) is 2.70. The van der Waals surface area contributed by atoms with Crippen LogP contribution in [0.2, 0.25) is 0 Å². The normalized spacial score (nSPS) is 21.8. The van der Waals surface area contributed by atoms with Gasteiger partial charge in [-0.2, -0.15) is 0 Å². The van der Waals surface area contributed by atoms with Crippen molar-refractivity contribution in [3.05, 3.63) is 28.3 Å². The molecule has 2 heterocycles. The van der Waals surface area contributed by atoms with Gasteiger partial charge in [0.1, 0.15) is 12.4 Å². The number of carbonyl (C=O) groups is 1. The van der Waals surface area contributed by atoms with E-state index >= 15 is 0 Å². The summed E-state index contributed by atoms with van der Waals surface area (Å²) in [7, 11) is 0. The van der Waals surface area contributed by atoms with Gasteiger partial charge in [-0.3, -0.25) is 14.9 Å². The summed E-state index contributed by atoms with van der Waals surface area (Å²) in [5.74, 6) is 0.485. The Balaban J connectivity index is 2.06. The molecule has 2 aliphatic rings. The van der Waals surface area contributed by atoms with Gasteiger partial charge in [0, 0.05) is 12.5 Å². The smallest absolute Gasteiger partial charge is 0.273 e. The highest BCUT2D eigenvalue weighted by molar-refractivity contribution is 5.98. The van der Waals surface area contributed by atoms with Crippen molar-refractivity contribution in [1.82, 2.24) is 0 Å². The molecule has 1 aromatic carbocycles. The van der Waals surface area contributed by atoms with Gasteiger partial charge in [-0.15, -0.1) is 0 Å². The van der Waals surface area contributed by atoms with Crippen LogP contribution in [-0.2, 0) is 4.79 Å². The minimum atomic E-state index is -0.471. The summed E-state index contributed by atoms with van der Waals surface area (Å²) in [4.78, 5) is 23.6. The standard InChI is InChI=1S/C11H10N2O4/c14-11-4-2-8-6-17-10-5-7(13(15)16)1-3-9(10)12(8)11/h1,3,5,8H,2,4,6H2. The fraction of sp³-hybridized carbons (Fsp3) is 0.364. The second-order valence-electron chi connectivity index (χ2n) is 4.18. The van der Waals surface area contributed by atoms with Crippen molar-refractivity contribution in [2.24, 2.45) is 0 Å². The van der Waals surface area contributed by atoms with Crippen LogP contribution in [-0.4, -0.2) is 23.5 Å². The number of hydrogen-bond donors (Lipinski definition) is 0. The third-order valence-electron chi connectivity index (χ3n) is 3.17. The second-order valence-corrected chi connectivity index (χ2v) is 4.18. The van der Waals surface area contributed by atoms with Crippen LogP contribution < -0.4 is 9.64 Å². The molecule has 1 aromatic rings. The summed E-state index contributed by atoms with van der Waals surface area (Å²) in [6.07, 6.45) is 1.31. The van der Waals surface area contributed by atoms with Gasteiger partial charge >= 0.3 is 0 Å². The van der Waals surface area contributed by atoms with E-state index in [1.54, 1.807) is 11.0 Å². The number of rotatable bonds is 1. The first-order chi connectivity index (χ1) is 8.16. The van der Waals surface area contributed by atoms with Crippen molar-refractivity contribution < 1.29 is 14.5 Å². The van der Waals surface area contributed by atoms with Crippen LogP contribution in [0.4, 0.5) is 11.4 Å². The maximum Gasteiger partial charge on any atom is 0.273 e. The number of non-ortho nitro benzene ring substituents is 1. The van der Waals surface area contributed by atoms with Gasteiger partial charge in [-0.05, 0) is 12.5 Å². The number of nitro groups is 1. The van der Waals surface area contributed by atoms with E-state index in [1.807, 2.05) is 0 Å². The van der Waals surface area contributed by atoms with Crippen LogP contribution in [0.25, 0.3) is 0 Å². The fourth-order valence-corrected chi connectivity index (χ4v) is 2.35. The lowest BCUT2D eigenvalue weighted by atomic mass is 10.1. The maximum absolute atomic E-state index is 11.7. The van der Waals surface area contributed by atoms with E-state index in [0.29, 0.717) is 24.5 Å². The van der Waals surface area contributed by atoms with Crippen molar-refractivity contribution in [2.75, 3.05) is 11.5 Å². The third-order valence-corrected chi connectivity index (χ3v) is 3.17. The highest BCUT2D eigenvalue weighted by atomic mass is 16.6. The molecule has 0 N–H and O–H groups in total. The van der Waals surface area contributed by atoms with Crippen LogP contribution in [0.1, 0.15) is 12.8 Å². The molecule has 88 valence electrons. The molecular weight excluding hydrogens is 224 g/mol. The zero-order valence-corrected chi connectivity index (χ0v) is 8.96. The summed E-state index contributed by atoms with van der Waals surface area (Å²) in [5.41, 5.74) is 0.628. The number of carbonyl (C=O) groups excluding carboxylic acids is 1. The molecule has 0 bridgehead atoms. The van der Waals surface area contributed by atoms with E-state index in [9.17, 15) is 14.9 Å². The minimum absolute atomic E-state index is 0.0196. The SMILES string of the molecule is O=C1CCC2COc3cc([N+](=O)[O-])ccc3N12.